The average molecular weight is 250 g/mol. The Balaban J connectivity index is 2.03. The van der Waals surface area contributed by atoms with Crippen molar-refractivity contribution >= 4 is 0 Å². The first-order valence-corrected chi connectivity index (χ1v) is 6.46. The summed E-state index contributed by atoms with van der Waals surface area (Å²) in [6.07, 6.45) is -0.0584. The Morgan fingerprint density at radius 1 is 1.00 bits per heavy atom. The zero-order valence-electron chi connectivity index (χ0n) is 11.4. The molecule has 1 unspecified atom stereocenters. The maximum atomic E-state index is 9.99. The maximum absolute atomic E-state index is 9.99. The van der Waals surface area contributed by atoms with E-state index < -0.39 is 6.10 Å². The smallest absolute Gasteiger partial charge is 0.0899 e. The summed E-state index contributed by atoms with van der Waals surface area (Å²) in [5.41, 5.74) is 4.44. The second kappa shape index (κ2) is 6.22. The van der Waals surface area contributed by atoms with Crippen LogP contribution in [0.5, 0.6) is 0 Å². The lowest BCUT2D eigenvalue weighted by Crippen LogP contribution is -1.94. The SMILES string of the molecule is Cc1ccc(C#CCC(O)c2ccccc2)cc1C. The third kappa shape index (κ3) is 3.71. The van der Waals surface area contributed by atoms with Gasteiger partial charge in [0.1, 0.15) is 0 Å². The van der Waals surface area contributed by atoms with Crippen molar-refractivity contribution < 1.29 is 5.11 Å². The van der Waals surface area contributed by atoms with Gasteiger partial charge in [-0.15, -0.1) is 0 Å². The molecule has 0 radical (unpaired) electrons. The van der Waals surface area contributed by atoms with Crippen LogP contribution in [-0.4, -0.2) is 5.11 Å². The zero-order chi connectivity index (χ0) is 13.7. The van der Waals surface area contributed by atoms with Gasteiger partial charge in [0.15, 0.2) is 0 Å². The van der Waals surface area contributed by atoms with Crippen LogP contribution in [0.1, 0.15) is 34.8 Å². The third-order valence-corrected chi connectivity index (χ3v) is 3.22. The molecule has 96 valence electrons. The molecule has 0 bridgehead atoms. The number of aryl methyl sites for hydroxylation is 2. The molecule has 0 aliphatic rings. The highest BCUT2D eigenvalue weighted by Gasteiger charge is 2.03. The minimum Gasteiger partial charge on any atom is -0.387 e. The summed E-state index contributed by atoms with van der Waals surface area (Å²) in [7, 11) is 0. The highest BCUT2D eigenvalue weighted by Crippen LogP contribution is 2.15. The van der Waals surface area contributed by atoms with Gasteiger partial charge in [0.05, 0.1) is 6.10 Å². The molecule has 0 heterocycles. The molecule has 2 aromatic carbocycles. The first-order valence-electron chi connectivity index (χ1n) is 6.46. The number of benzene rings is 2. The summed E-state index contributed by atoms with van der Waals surface area (Å²) in [4.78, 5) is 0. The Labute approximate surface area is 114 Å². The van der Waals surface area contributed by atoms with Crippen LogP contribution in [0.3, 0.4) is 0 Å². The van der Waals surface area contributed by atoms with E-state index in [0.717, 1.165) is 11.1 Å². The van der Waals surface area contributed by atoms with Crippen molar-refractivity contribution in [3.05, 3.63) is 70.8 Å². The van der Waals surface area contributed by atoms with Crippen LogP contribution in [0.4, 0.5) is 0 Å². The molecule has 1 N–H and O–H groups in total. The van der Waals surface area contributed by atoms with Gasteiger partial charge in [0.2, 0.25) is 0 Å². The lowest BCUT2D eigenvalue weighted by atomic mass is 10.1. The molecule has 1 heteroatoms. The third-order valence-electron chi connectivity index (χ3n) is 3.22. The van der Waals surface area contributed by atoms with E-state index in [4.69, 9.17) is 0 Å². The molecule has 0 spiro atoms. The van der Waals surface area contributed by atoms with Gasteiger partial charge in [-0.1, -0.05) is 48.2 Å². The second-order valence-corrected chi connectivity index (χ2v) is 4.73. The standard InChI is InChI=1S/C18H18O/c1-14-11-12-16(13-15(14)2)7-6-10-18(19)17-8-4-3-5-9-17/h3-5,8-9,11-13,18-19H,10H2,1-2H3. The molecule has 0 saturated heterocycles. The van der Waals surface area contributed by atoms with E-state index in [1.165, 1.54) is 11.1 Å². The summed E-state index contributed by atoms with van der Waals surface area (Å²) in [6, 6.07) is 15.8. The molecule has 0 aliphatic heterocycles. The minimum absolute atomic E-state index is 0.455. The monoisotopic (exact) mass is 250 g/mol. The van der Waals surface area contributed by atoms with Gasteiger partial charge < -0.3 is 5.11 Å². The fourth-order valence-corrected chi connectivity index (χ4v) is 1.86. The predicted molar refractivity (Wildman–Crippen MR) is 78.8 cm³/mol. The van der Waals surface area contributed by atoms with Crippen LogP contribution in [0.2, 0.25) is 0 Å². The van der Waals surface area contributed by atoms with Crippen molar-refractivity contribution in [2.45, 2.75) is 26.4 Å². The number of aliphatic hydroxyl groups is 1. The Morgan fingerprint density at radius 2 is 1.74 bits per heavy atom. The molecule has 1 nitrogen and oxygen atoms in total. The molecule has 2 rings (SSSR count). The van der Waals surface area contributed by atoms with E-state index >= 15 is 0 Å². The lowest BCUT2D eigenvalue weighted by Gasteiger charge is -2.06. The van der Waals surface area contributed by atoms with Gasteiger partial charge in [-0.3, -0.25) is 0 Å². The highest BCUT2D eigenvalue weighted by molar-refractivity contribution is 5.40. The van der Waals surface area contributed by atoms with Crippen molar-refractivity contribution in [3.63, 3.8) is 0 Å². The fraction of sp³-hybridized carbons (Fsp3) is 0.222. The van der Waals surface area contributed by atoms with E-state index in [2.05, 4.69) is 37.8 Å². The van der Waals surface area contributed by atoms with Gasteiger partial charge in [0.25, 0.3) is 0 Å². The topological polar surface area (TPSA) is 20.2 Å². The molecule has 0 saturated carbocycles. The molecular formula is C18H18O. The molecule has 0 fully saturated rings. The van der Waals surface area contributed by atoms with Gasteiger partial charge in [-0.25, -0.2) is 0 Å². The minimum atomic E-state index is -0.514. The molecule has 0 aromatic heterocycles. The fourth-order valence-electron chi connectivity index (χ4n) is 1.86. The number of aliphatic hydroxyl groups excluding tert-OH is 1. The van der Waals surface area contributed by atoms with Gasteiger partial charge in [-0.2, -0.15) is 0 Å². The summed E-state index contributed by atoms with van der Waals surface area (Å²) < 4.78 is 0. The molecule has 2 aromatic rings. The van der Waals surface area contributed by atoms with Gasteiger partial charge in [0, 0.05) is 12.0 Å². The molecular weight excluding hydrogens is 232 g/mol. The highest BCUT2D eigenvalue weighted by atomic mass is 16.3. The average Bonchev–Trinajstić information content (AvgIpc) is 2.43. The van der Waals surface area contributed by atoms with E-state index in [-0.39, 0.29) is 0 Å². The first-order chi connectivity index (χ1) is 9.16. The van der Waals surface area contributed by atoms with Crippen molar-refractivity contribution in [1.82, 2.24) is 0 Å². The van der Waals surface area contributed by atoms with E-state index in [9.17, 15) is 5.11 Å². The Morgan fingerprint density at radius 3 is 2.42 bits per heavy atom. The molecule has 0 aliphatic carbocycles. The molecule has 1 atom stereocenters. The van der Waals surface area contributed by atoms with E-state index in [1.807, 2.05) is 36.4 Å². The first kappa shape index (κ1) is 13.4. The van der Waals surface area contributed by atoms with Crippen molar-refractivity contribution in [2.75, 3.05) is 0 Å². The number of hydrogen-bond acceptors (Lipinski definition) is 1. The summed E-state index contributed by atoms with van der Waals surface area (Å²) >= 11 is 0. The van der Waals surface area contributed by atoms with Crippen LogP contribution in [0, 0.1) is 25.7 Å². The van der Waals surface area contributed by atoms with E-state index in [0.29, 0.717) is 6.42 Å². The lowest BCUT2D eigenvalue weighted by molar-refractivity contribution is 0.184. The van der Waals surface area contributed by atoms with Crippen LogP contribution in [-0.2, 0) is 0 Å². The zero-order valence-corrected chi connectivity index (χ0v) is 11.4. The van der Waals surface area contributed by atoms with Crippen LogP contribution in [0.25, 0.3) is 0 Å². The van der Waals surface area contributed by atoms with Gasteiger partial charge in [-0.05, 0) is 42.7 Å². The summed E-state index contributed by atoms with van der Waals surface area (Å²) in [5.74, 6) is 6.15. The quantitative estimate of drug-likeness (QED) is 0.804. The van der Waals surface area contributed by atoms with Crippen molar-refractivity contribution in [2.24, 2.45) is 0 Å². The predicted octanol–water partition coefficient (Wildman–Crippen LogP) is 3.78. The summed E-state index contributed by atoms with van der Waals surface area (Å²) in [6.45, 7) is 4.17. The number of hydrogen-bond donors (Lipinski definition) is 1. The van der Waals surface area contributed by atoms with Crippen molar-refractivity contribution in [1.29, 1.82) is 0 Å². The normalized spacial score (nSPS) is 11.5. The largest absolute Gasteiger partial charge is 0.387 e. The van der Waals surface area contributed by atoms with Crippen molar-refractivity contribution in [3.8, 4) is 11.8 Å². The Hall–Kier alpha value is -2.04. The Kier molecular flexibility index (Phi) is 4.39. The van der Waals surface area contributed by atoms with Gasteiger partial charge >= 0.3 is 0 Å². The maximum Gasteiger partial charge on any atom is 0.0899 e. The van der Waals surface area contributed by atoms with Crippen LogP contribution in [0.15, 0.2) is 48.5 Å². The molecule has 19 heavy (non-hydrogen) atoms. The second-order valence-electron chi connectivity index (χ2n) is 4.73. The van der Waals surface area contributed by atoms with Crippen LogP contribution >= 0.6 is 0 Å². The summed E-state index contributed by atoms with van der Waals surface area (Å²) in [5, 5.41) is 9.99. The molecule has 0 amide bonds. The van der Waals surface area contributed by atoms with Crippen LogP contribution < -0.4 is 0 Å². The Bertz CT molecular complexity index is 603. The number of rotatable bonds is 2. The van der Waals surface area contributed by atoms with E-state index in [1.54, 1.807) is 0 Å².